The van der Waals surface area contributed by atoms with Gasteiger partial charge in [0.15, 0.2) is 0 Å². The highest BCUT2D eigenvalue weighted by atomic mass is 35.5. The lowest BCUT2D eigenvalue weighted by atomic mass is 10.0. The molecular formula is C22H26ClN3O. The normalized spacial score (nSPS) is 20.0. The van der Waals surface area contributed by atoms with E-state index in [0.29, 0.717) is 0 Å². The fourth-order valence-corrected chi connectivity index (χ4v) is 3.86. The van der Waals surface area contributed by atoms with Crippen LogP contribution in [0.4, 0.5) is 11.4 Å². The Morgan fingerprint density at radius 2 is 1.81 bits per heavy atom. The van der Waals surface area contributed by atoms with Gasteiger partial charge in [-0.15, -0.1) is 0 Å². The predicted molar refractivity (Wildman–Crippen MR) is 113 cm³/mol. The number of nitrogens with one attached hydrogen (secondary N) is 1. The van der Waals surface area contributed by atoms with Crippen LogP contribution in [0, 0.1) is 6.92 Å². The summed E-state index contributed by atoms with van der Waals surface area (Å²) in [6.07, 6.45) is 0.00342. The maximum Gasteiger partial charge on any atom is 0.144 e. The third-order valence-electron chi connectivity index (χ3n) is 5.58. The van der Waals surface area contributed by atoms with Gasteiger partial charge in [0, 0.05) is 49.1 Å². The summed E-state index contributed by atoms with van der Waals surface area (Å²) in [6.45, 7) is 13.4. The Morgan fingerprint density at radius 3 is 2.52 bits per heavy atom. The van der Waals surface area contributed by atoms with Crippen LogP contribution in [-0.4, -0.2) is 37.2 Å². The fraction of sp³-hybridized carbons (Fsp3) is 0.364. The van der Waals surface area contributed by atoms with Crippen molar-refractivity contribution in [3.05, 3.63) is 64.8 Å². The van der Waals surface area contributed by atoms with Gasteiger partial charge in [-0.25, -0.2) is 0 Å². The van der Waals surface area contributed by atoms with E-state index in [-0.39, 0.29) is 6.10 Å². The molecule has 2 heterocycles. The molecule has 1 fully saturated rings. The Morgan fingerprint density at radius 1 is 1.11 bits per heavy atom. The van der Waals surface area contributed by atoms with Crippen LogP contribution in [0.15, 0.2) is 48.7 Å². The lowest BCUT2D eigenvalue weighted by Gasteiger charge is -2.36. The number of nitrogens with zero attached hydrogens (tertiary/aromatic N) is 2. The first-order chi connectivity index (χ1) is 13.0. The maximum absolute atomic E-state index is 6.00. The third kappa shape index (κ3) is 3.78. The van der Waals surface area contributed by atoms with Crippen molar-refractivity contribution in [2.75, 3.05) is 36.4 Å². The number of fused-ring (bicyclic) bond motifs is 1. The molecule has 0 saturated carbocycles. The lowest BCUT2D eigenvalue weighted by Crippen LogP contribution is -2.46. The van der Waals surface area contributed by atoms with Crippen molar-refractivity contribution in [3.63, 3.8) is 0 Å². The molecule has 1 atom stereocenters. The Kier molecular flexibility index (Phi) is 5.02. The Labute approximate surface area is 166 Å². The van der Waals surface area contributed by atoms with Crippen LogP contribution in [0.3, 0.4) is 0 Å². The summed E-state index contributed by atoms with van der Waals surface area (Å²) in [6, 6.07) is 12.4. The summed E-state index contributed by atoms with van der Waals surface area (Å²) in [7, 11) is 0. The third-order valence-corrected chi connectivity index (χ3v) is 5.83. The molecule has 142 valence electrons. The van der Waals surface area contributed by atoms with Crippen molar-refractivity contribution in [3.8, 4) is 5.75 Å². The first kappa shape index (κ1) is 18.2. The van der Waals surface area contributed by atoms with E-state index in [4.69, 9.17) is 16.3 Å². The standard InChI is InChI=1S/C22H26ClN3O/c1-15-18(4-9-21-22(15)24-16(2)17(3)27-21)14-25-10-12-26(13-11-25)20-7-5-19(23)6-8-20/h4-9,17,24H,2,10-14H2,1,3H3. The molecule has 0 radical (unpaired) electrons. The molecule has 0 bridgehead atoms. The zero-order valence-corrected chi connectivity index (χ0v) is 16.7. The average molecular weight is 384 g/mol. The fourth-order valence-electron chi connectivity index (χ4n) is 3.74. The first-order valence-electron chi connectivity index (χ1n) is 9.49. The van der Waals surface area contributed by atoms with E-state index in [9.17, 15) is 0 Å². The molecule has 0 spiro atoms. The van der Waals surface area contributed by atoms with Gasteiger partial charge in [0.05, 0.1) is 5.69 Å². The summed E-state index contributed by atoms with van der Waals surface area (Å²) in [5, 5.41) is 4.22. The molecule has 27 heavy (non-hydrogen) atoms. The lowest BCUT2D eigenvalue weighted by molar-refractivity contribution is 0.246. The van der Waals surface area contributed by atoms with Crippen molar-refractivity contribution in [2.24, 2.45) is 0 Å². The van der Waals surface area contributed by atoms with Gasteiger partial charge in [-0.05, 0) is 55.3 Å². The number of rotatable bonds is 3. The first-order valence-corrected chi connectivity index (χ1v) is 9.87. The van der Waals surface area contributed by atoms with Crippen LogP contribution in [0.1, 0.15) is 18.1 Å². The summed E-state index contributed by atoms with van der Waals surface area (Å²) in [5.74, 6) is 0.920. The molecular weight excluding hydrogens is 358 g/mol. The van der Waals surface area contributed by atoms with E-state index >= 15 is 0 Å². The molecule has 2 aliphatic rings. The van der Waals surface area contributed by atoms with Crippen molar-refractivity contribution in [1.82, 2.24) is 4.90 Å². The maximum atomic E-state index is 6.00. The predicted octanol–water partition coefficient (Wildman–Crippen LogP) is 4.68. The highest BCUT2D eigenvalue weighted by Crippen LogP contribution is 2.37. The van der Waals surface area contributed by atoms with E-state index in [2.05, 4.69) is 52.9 Å². The highest BCUT2D eigenvalue weighted by molar-refractivity contribution is 6.30. The average Bonchev–Trinajstić information content (AvgIpc) is 2.67. The van der Waals surface area contributed by atoms with Crippen LogP contribution < -0.4 is 15.0 Å². The largest absolute Gasteiger partial charge is 0.482 e. The van der Waals surface area contributed by atoms with E-state index in [1.165, 1.54) is 16.8 Å². The van der Waals surface area contributed by atoms with Gasteiger partial charge < -0.3 is 15.0 Å². The number of piperazine rings is 1. The number of anilines is 2. The van der Waals surface area contributed by atoms with Gasteiger partial charge in [0.2, 0.25) is 0 Å². The van der Waals surface area contributed by atoms with Gasteiger partial charge in [-0.3, -0.25) is 4.90 Å². The molecule has 2 aromatic carbocycles. The molecule has 0 aliphatic carbocycles. The quantitative estimate of drug-likeness (QED) is 0.833. The van der Waals surface area contributed by atoms with E-state index in [1.54, 1.807) is 0 Å². The van der Waals surface area contributed by atoms with Crippen LogP contribution in [0.5, 0.6) is 5.75 Å². The summed E-state index contributed by atoms with van der Waals surface area (Å²) in [4.78, 5) is 4.94. The summed E-state index contributed by atoms with van der Waals surface area (Å²) < 4.78 is 5.95. The molecule has 4 nitrogen and oxygen atoms in total. The minimum atomic E-state index is 0.00342. The number of benzene rings is 2. The molecule has 5 heteroatoms. The highest BCUT2D eigenvalue weighted by Gasteiger charge is 2.23. The minimum Gasteiger partial charge on any atom is -0.482 e. The molecule has 0 aromatic heterocycles. The van der Waals surface area contributed by atoms with Gasteiger partial charge in [-0.1, -0.05) is 24.2 Å². The summed E-state index contributed by atoms with van der Waals surface area (Å²) in [5.41, 5.74) is 5.82. The Hall–Kier alpha value is -2.17. The zero-order valence-electron chi connectivity index (χ0n) is 16.0. The van der Waals surface area contributed by atoms with Gasteiger partial charge in [0.25, 0.3) is 0 Å². The van der Waals surface area contributed by atoms with Crippen LogP contribution in [-0.2, 0) is 6.54 Å². The SMILES string of the molecule is C=C1Nc2c(ccc(CN3CCN(c4ccc(Cl)cc4)CC3)c2C)OC1C. The van der Waals surface area contributed by atoms with Crippen molar-refractivity contribution >= 4 is 23.0 Å². The van der Waals surface area contributed by atoms with Crippen molar-refractivity contribution in [1.29, 1.82) is 0 Å². The van der Waals surface area contributed by atoms with E-state index < -0.39 is 0 Å². The molecule has 1 N–H and O–H groups in total. The van der Waals surface area contributed by atoms with Gasteiger partial charge >= 0.3 is 0 Å². The number of ether oxygens (including phenoxy) is 1. The van der Waals surface area contributed by atoms with Gasteiger partial charge in [-0.2, -0.15) is 0 Å². The summed E-state index contributed by atoms with van der Waals surface area (Å²) >= 11 is 6.00. The topological polar surface area (TPSA) is 27.7 Å². The second kappa shape index (κ2) is 7.45. The zero-order chi connectivity index (χ0) is 19.0. The van der Waals surface area contributed by atoms with Crippen molar-refractivity contribution < 1.29 is 4.74 Å². The number of hydrogen-bond donors (Lipinski definition) is 1. The minimum absolute atomic E-state index is 0.00342. The molecule has 0 amide bonds. The van der Waals surface area contributed by atoms with Crippen LogP contribution in [0.2, 0.25) is 5.02 Å². The molecule has 1 unspecified atom stereocenters. The Bertz CT molecular complexity index is 841. The molecule has 2 aromatic rings. The van der Waals surface area contributed by atoms with Crippen LogP contribution >= 0.6 is 11.6 Å². The van der Waals surface area contributed by atoms with Gasteiger partial charge in [0.1, 0.15) is 11.9 Å². The van der Waals surface area contributed by atoms with Crippen LogP contribution in [0.25, 0.3) is 0 Å². The second-order valence-electron chi connectivity index (χ2n) is 7.37. The van der Waals surface area contributed by atoms with E-state index in [0.717, 1.165) is 54.9 Å². The van der Waals surface area contributed by atoms with Crippen molar-refractivity contribution in [2.45, 2.75) is 26.5 Å². The molecule has 2 aliphatic heterocycles. The smallest absolute Gasteiger partial charge is 0.144 e. The monoisotopic (exact) mass is 383 g/mol. The second-order valence-corrected chi connectivity index (χ2v) is 7.81. The number of halogens is 1. The molecule has 1 saturated heterocycles. The molecule has 4 rings (SSSR count). The Balaban J connectivity index is 1.41. The van der Waals surface area contributed by atoms with E-state index in [1.807, 2.05) is 19.1 Å². The number of hydrogen-bond acceptors (Lipinski definition) is 4.